The number of aliphatic hydroxyl groups is 2. The summed E-state index contributed by atoms with van der Waals surface area (Å²) in [5.41, 5.74) is -0.556. The SMILES string of the molecule is CC(C)(C)OC(=O)N1C[C@H](O)CC[C@H]1CO. The number of carbonyl (C=O) groups excluding carboxylic acids is 1. The van der Waals surface area contributed by atoms with Gasteiger partial charge in [-0.2, -0.15) is 0 Å². The van der Waals surface area contributed by atoms with Crippen molar-refractivity contribution in [3.63, 3.8) is 0 Å². The number of carbonyl (C=O) groups is 1. The summed E-state index contributed by atoms with van der Waals surface area (Å²) in [6.45, 7) is 5.52. The van der Waals surface area contributed by atoms with Crippen molar-refractivity contribution < 1.29 is 19.7 Å². The molecule has 1 amide bonds. The maximum atomic E-state index is 11.8. The number of β-amino-alcohol motifs (C(OH)–C–C–N with tert-alkyl or cyclic N) is 1. The Balaban J connectivity index is 2.63. The Morgan fingerprint density at radius 1 is 1.44 bits per heavy atom. The van der Waals surface area contributed by atoms with E-state index in [0.717, 1.165) is 0 Å². The highest BCUT2D eigenvalue weighted by atomic mass is 16.6. The topological polar surface area (TPSA) is 70.0 Å². The number of rotatable bonds is 1. The van der Waals surface area contributed by atoms with Crippen molar-refractivity contribution in [3.8, 4) is 0 Å². The molecular formula is C11H21NO4. The van der Waals surface area contributed by atoms with Crippen molar-refractivity contribution in [1.82, 2.24) is 4.90 Å². The molecule has 2 atom stereocenters. The Morgan fingerprint density at radius 2 is 2.06 bits per heavy atom. The van der Waals surface area contributed by atoms with Gasteiger partial charge in [-0.25, -0.2) is 4.79 Å². The molecule has 1 rings (SSSR count). The Hall–Kier alpha value is -0.810. The van der Waals surface area contributed by atoms with Crippen LogP contribution < -0.4 is 0 Å². The van der Waals surface area contributed by atoms with Crippen LogP contribution in [0, 0.1) is 0 Å². The monoisotopic (exact) mass is 231 g/mol. The molecule has 0 radical (unpaired) electrons. The van der Waals surface area contributed by atoms with E-state index in [-0.39, 0.29) is 19.2 Å². The molecule has 1 aliphatic heterocycles. The molecule has 1 saturated heterocycles. The first kappa shape index (κ1) is 13.3. The lowest BCUT2D eigenvalue weighted by atomic mass is 10.0. The van der Waals surface area contributed by atoms with Crippen LogP contribution in [0.2, 0.25) is 0 Å². The van der Waals surface area contributed by atoms with Crippen LogP contribution in [0.1, 0.15) is 33.6 Å². The van der Waals surface area contributed by atoms with Crippen LogP contribution in [0.15, 0.2) is 0 Å². The minimum absolute atomic E-state index is 0.0913. The molecule has 1 aliphatic rings. The summed E-state index contributed by atoms with van der Waals surface area (Å²) in [6, 6.07) is -0.238. The van der Waals surface area contributed by atoms with E-state index < -0.39 is 17.8 Å². The Bertz CT molecular complexity index is 249. The van der Waals surface area contributed by atoms with E-state index in [1.807, 2.05) is 0 Å². The van der Waals surface area contributed by atoms with Crippen LogP contribution in [-0.2, 0) is 4.74 Å². The molecule has 0 aromatic rings. The predicted molar refractivity (Wildman–Crippen MR) is 59.1 cm³/mol. The summed E-state index contributed by atoms with van der Waals surface area (Å²) in [6.07, 6.45) is 0.238. The molecule has 0 saturated carbocycles. The van der Waals surface area contributed by atoms with E-state index in [1.54, 1.807) is 20.8 Å². The number of amides is 1. The average molecular weight is 231 g/mol. The van der Waals surface area contributed by atoms with Crippen molar-refractivity contribution in [2.24, 2.45) is 0 Å². The van der Waals surface area contributed by atoms with Crippen LogP contribution in [0.25, 0.3) is 0 Å². The first-order valence-electron chi connectivity index (χ1n) is 5.62. The van der Waals surface area contributed by atoms with Crippen molar-refractivity contribution in [2.45, 2.75) is 51.4 Å². The summed E-state index contributed by atoms with van der Waals surface area (Å²) in [5, 5.41) is 18.7. The smallest absolute Gasteiger partial charge is 0.410 e. The fourth-order valence-corrected chi connectivity index (χ4v) is 1.74. The Morgan fingerprint density at radius 3 is 2.56 bits per heavy atom. The van der Waals surface area contributed by atoms with Crippen LogP contribution in [0.5, 0.6) is 0 Å². The van der Waals surface area contributed by atoms with Crippen molar-refractivity contribution in [2.75, 3.05) is 13.2 Å². The largest absolute Gasteiger partial charge is 0.444 e. The lowest BCUT2D eigenvalue weighted by molar-refractivity contribution is -0.0223. The van der Waals surface area contributed by atoms with Gasteiger partial charge >= 0.3 is 6.09 Å². The van der Waals surface area contributed by atoms with Crippen molar-refractivity contribution in [1.29, 1.82) is 0 Å². The fraction of sp³-hybridized carbons (Fsp3) is 0.909. The molecule has 2 N–H and O–H groups in total. The van der Waals surface area contributed by atoms with Crippen LogP contribution >= 0.6 is 0 Å². The third kappa shape index (κ3) is 3.64. The molecule has 16 heavy (non-hydrogen) atoms. The van der Waals surface area contributed by atoms with E-state index in [4.69, 9.17) is 9.84 Å². The van der Waals surface area contributed by atoms with Gasteiger partial charge in [0.2, 0.25) is 0 Å². The minimum Gasteiger partial charge on any atom is -0.444 e. The second-order valence-electron chi connectivity index (χ2n) is 5.20. The van der Waals surface area contributed by atoms with Gasteiger partial charge in [-0.05, 0) is 33.6 Å². The maximum Gasteiger partial charge on any atom is 0.410 e. The number of likely N-dealkylation sites (tertiary alicyclic amines) is 1. The summed E-state index contributed by atoms with van der Waals surface area (Å²) in [5.74, 6) is 0. The van der Waals surface area contributed by atoms with Crippen LogP contribution in [0.4, 0.5) is 4.79 Å². The van der Waals surface area contributed by atoms with Gasteiger partial charge in [0.1, 0.15) is 5.60 Å². The number of nitrogens with zero attached hydrogens (tertiary/aromatic N) is 1. The first-order valence-corrected chi connectivity index (χ1v) is 5.62. The Kier molecular flexibility index (Phi) is 4.15. The quantitative estimate of drug-likeness (QED) is 0.698. The summed E-state index contributed by atoms with van der Waals surface area (Å²) in [7, 11) is 0. The summed E-state index contributed by atoms with van der Waals surface area (Å²) >= 11 is 0. The normalized spacial score (nSPS) is 26.7. The lowest BCUT2D eigenvalue weighted by Crippen LogP contribution is -2.51. The van der Waals surface area contributed by atoms with Gasteiger partial charge < -0.3 is 19.8 Å². The average Bonchev–Trinajstić information content (AvgIpc) is 2.15. The molecular weight excluding hydrogens is 210 g/mol. The summed E-state index contributed by atoms with van der Waals surface area (Å²) < 4.78 is 5.22. The van der Waals surface area contributed by atoms with E-state index >= 15 is 0 Å². The molecule has 94 valence electrons. The minimum atomic E-state index is -0.556. The number of ether oxygens (including phenoxy) is 1. The Labute approximate surface area is 96.0 Å². The van der Waals surface area contributed by atoms with Crippen molar-refractivity contribution >= 4 is 6.09 Å². The number of hydrogen-bond acceptors (Lipinski definition) is 4. The van der Waals surface area contributed by atoms with E-state index in [9.17, 15) is 9.90 Å². The van der Waals surface area contributed by atoms with E-state index in [1.165, 1.54) is 4.90 Å². The molecule has 0 unspecified atom stereocenters. The predicted octanol–water partition coefficient (Wildman–Crippen LogP) is 0.739. The zero-order chi connectivity index (χ0) is 12.3. The second-order valence-corrected chi connectivity index (χ2v) is 5.20. The number of aliphatic hydroxyl groups excluding tert-OH is 2. The van der Waals surface area contributed by atoms with Crippen LogP contribution in [0.3, 0.4) is 0 Å². The highest BCUT2D eigenvalue weighted by Gasteiger charge is 2.33. The maximum absolute atomic E-state index is 11.8. The lowest BCUT2D eigenvalue weighted by Gasteiger charge is -2.37. The van der Waals surface area contributed by atoms with Gasteiger partial charge in [0.05, 0.1) is 25.3 Å². The molecule has 1 heterocycles. The molecule has 5 nitrogen and oxygen atoms in total. The van der Waals surface area contributed by atoms with Gasteiger partial charge in [-0.15, -0.1) is 0 Å². The van der Waals surface area contributed by atoms with E-state index in [0.29, 0.717) is 12.8 Å². The fourth-order valence-electron chi connectivity index (χ4n) is 1.74. The van der Waals surface area contributed by atoms with Gasteiger partial charge in [0.25, 0.3) is 0 Å². The zero-order valence-corrected chi connectivity index (χ0v) is 10.1. The van der Waals surface area contributed by atoms with Crippen LogP contribution in [-0.4, -0.2) is 52.1 Å². The van der Waals surface area contributed by atoms with Gasteiger partial charge in [-0.3, -0.25) is 0 Å². The number of piperidine rings is 1. The molecule has 0 aromatic heterocycles. The van der Waals surface area contributed by atoms with Gasteiger partial charge in [0.15, 0.2) is 0 Å². The van der Waals surface area contributed by atoms with E-state index in [2.05, 4.69) is 0 Å². The highest BCUT2D eigenvalue weighted by molar-refractivity contribution is 5.68. The third-order valence-corrected chi connectivity index (χ3v) is 2.52. The molecule has 0 aliphatic carbocycles. The second kappa shape index (κ2) is 5.01. The molecule has 0 aromatic carbocycles. The highest BCUT2D eigenvalue weighted by Crippen LogP contribution is 2.20. The number of hydrogen-bond donors (Lipinski definition) is 2. The molecule has 0 spiro atoms. The first-order chi connectivity index (χ1) is 7.33. The summed E-state index contributed by atoms with van der Waals surface area (Å²) in [4.78, 5) is 13.2. The standard InChI is InChI=1S/C11H21NO4/c1-11(2,3)16-10(15)12-6-9(14)5-4-8(12)7-13/h8-9,13-14H,4-7H2,1-3H3/t8-,9+/m0/s1. The van der Waals surface area contributed by atoms with Crippen molar-refractivity contribution in [3.05, 3.63) is 0 Å². The third-order valence-electron chi connectivity index (χ3n) is 2.52. The zero-order valence-electron chi connectivity index (χ0n) is 10.1. The van der Waals surface area contributed by atoms with Gasteiger partial charge in [-0.1, -0.05) is 0 Å². The molecule has 1 fully saturated rings. The van der Waals surface area contributed by atoms with Gasteiger partial charge in [0, 0.05) is 0 Å². The molecule has 5 heteroatoms. The molecule has 0 bridgehead atoms.